The molecule has 1 amide bonds. The number of thioether (sulfide) groups is 1. The number of nitrogens with zero attached hydrogens (tertiary/aromatic N) is 3. The van der Waals surface area contributed by atoms with Crippen LogP contribution in [0.4, 0.5) is 0 Å². The molecular formula is C26H25BrN4O3S. The Bertz CT molecular complexity index is 1280. The molecule has 4 rings (SSSR count). The van der Waals surface area contributed by atoms with Crippen molar-refractivity contribution in [2.24, 2.45) is 0 Å². The molecule has 0 saturated heterocycles. The van der Waals surface area contributed by atoms with Crippen molar-refractivity contribution < 1.29 is 14.3 Å². The molecule has 0 aliphatic carbocycles. The largest absolute Gasteiger partial charge is 0.497 e. The molecule has 7 nitrogen and oxygen atoms in total. The third-order valence-corrected chi connectivity index (χ3v) is 6.80. The minimum absolute atomic E-state index is 0.103. The fourth-order valence-corrected chi connectivity index (χ4v) is 4.65. The molecule has 0 aliphatic rings. The maximum absolute atomic E-state index is 12.6. The number of hydrogen-bond donors (Lipinski definition) is 1. The highest BCUT2D eigenvalue weighted by molar-refractivity contribution is 9.10. The summed E-state index contributed by atoms with van der Waals surface area (Å²) in [5.41, 5.74) is 2.89. The topological polar surface area (TPSA) is 78.3 Å². The molecule has 1 heterocycles. The Hall–Kier alpha value is -3.30. The van der Waals surface area contributed by atoms with Gasteiger partial charge in [-0.05, 0) is 47.5 Å². The molecule has 1 N–H and O–H groups in total. The van der Waals surface area contributed by atoms with Gasteiger partial charge in [-0.25, -0.2) is 0 Å². The van der Waals surface area contributed by atoms with Gasteiger partial charge in [0, 0.05) is 10.2 Å². The number of methoxy groups -OCH3 is 2. The van der Waals surface area contributed by atoms with Gasteiger partial charge in [0.2, 0.25) is 5.91 Å². The van der Waals surface area contributed by atoms with Crippen LogP contribution in [0.25, 0.3) is 5.69 Å². The van der Waals surface area contributed by atoms with E-state index in [1.54, 1.807) is 26.0 Å². The van der Waals surface area contributed by atoms with E-state index in [2.05, 4.69) is 43.6 Å². The van der Waals surface area contributed by atoms with Crippen LogP contribution in [0.5, 0.6) is 11.5 Å². The summed E-state index contributed by atoms with van der Waals surface area (Å²) in [5.74, 6) is 2.70. The van der Waals surface area contributed by atoms with Gasteiger partial charge in [-0.2, -0.15) is 0 Å². The van der Waals surface area contributed by atoms with Gasteiger partial charge >= 0.3 is 0 Å². The minimum atomic E-state index is -0.103. The molecule has 0 bridgehead atoms. The summed E-state index contributed by atoms with van der Waals surface area (Å²) in [4.78, 5) is 12.6. The first-order valence-corrected chi connectivity index (χ1v) is 12.7. The van der Waals surface area contributed by atoms with Gasteiger partial charge in [-0.1, -0.05) is 64.1 Å². The van der Waals surface area contributed by atoms with E-state index in [0.717, 1.165) is 32.4 Å². The Balaban J connectivity index is 1.52. The van der Waals surface area contributed by atoms with Crippen molar-refractivity contribution >= 4 is 33.6 Å². The zero-order valence-corrected chi connectivity index (χ0v) is 21.8. The number of para-hydroxylation sites is 2. The van der Waals surface area contributed by atoms with Crippen LogP contribution in [0.3, 0.4) is 0 Å². The smallest absolute Gasteiger partial charge is 0.224 e. The number of benzene rings is 3. The summed E-state index contributed by atoms with van der Waals surface area (Å²) in [6, 6.07) is 23.3. The molecule has 0 unspecified atom stereocenters. The zero-order valence-electron chi connectivity index (χ0n) is 19.4. The standard InChI is InChI=1S/C26H25BrN4O3S/c1-33-21-13-9-18(10-14-21)15-25(32)28-16-24-29-30-26(35-17-19-7-11-20(27)12-8-19)31(24)22-5-3-4-6-23(22)34-2/h3-14H,15-17H2,1-2H3,(H,28,32). The predicted octanol–water partition coefficient (Wildman–Crippen LogP) is 5.20. The molecule has 0 aliphatic heterocycles. The first-order valence-electron chi connectivity index (χ1n) is 10.9. The van der Waals surface area contributed by atoms with Crippen molar-refractivity contribution in [1.82, 2.24) is 20.1 Å². The molecule has 0 saturated carbocycles. The molecule has 0 spiro atoms. The summed E-state index contributed by atoms with van der Waals surface area (Å²) in [6.07, 6.45) is 0.262. The summed E-state index contributed by atoms with van der Waals surface area (Å²) in [6.45, 7) is 0.235. The number of nitrogens with one attached hydrogen (secondary N) is 1. The Labute approximate surface area is 217 Å². The first kappa shape index (κ1) is 24.8. The molecule has 4 aromatic rings. The average molecular weight is 553 g/mol. The summed E-state index contributed by atoms with van der Waals surface area (Å²) < 4.78 is 13.7. The van der Waals surface area contributed by atoms with Crippen molar-refractivity contribution in [1.29, 1.82) is 0 Å². The lowest BCUT2D eigenvalue weighted by Crippen LogP contribution is -2.26. The molecule has 0 radical (unpaired) electrons. The van der Waals surface area contributed by atoms with E-state index in [-0.39, 0.29) is 18.9 Å². The summed E-state index contributed by atoms with van der Waals surface area (Å²) >= 11 is 5.05. The van der Waals surface area contributed by atoms with Gasteiger partial charge < -0.3 is 14.8 Å². The first-order chi connectivity index (χ1) is 17.1. The van der Waals surface area contributed by atoms with Crippen molar-refractivity contribution in [3.8, 4) is 17.2 Å². The van der Waals surface area contributed by atoms with Crippen molar-refractivity contribution in [3.05, 3.63) is 94.2 Å². The van der Waals surface area contributed by atoms with Crippen LogP contribution >= 0.6 is 27.7 Å². The Morgan fingerprint density at radius 1 is 0.943 bits per heavy atom. The molecule has 180 valence electrons. The van der Waals surface area contributed by atoms with E-state index in [9.17, 15) is 4.79 Å². The number of rotatable bonds is 10. The lowest BCUT2D eigenvalue weighted by Gasteiger charge is -2.14. The summed E-state index contributed by atoms with van der Waals surface area (Å²) in [7, 11) is 3.25. The molecule has 1 aromatic heterocycles. The predicted molar refractivity (Wildman–Crippen MR) is 140 cm³/mol. The molecular weight excluding hydrogens is 528 g/mol. The highest BCUT2D eigenvalue weighted by Crippen LogP contribution is 2.30. The maximum Gasteiger partial charge on any atom is 0.224 e. The minimum Gasteiger partial charge on any atom is -0.497 e. The highest BCUT2D eigenvalue weighted by atomic mass is 79.9. The molecule has 0 fully saturated rings. The number of carbonyl (C=O) groups excluding carboxylic acids is 1. The number of halogens is 1. The van der Waals surface area contributed by atoms with Crippen LogP contribution < -0.4 is 14.8 Å². The van der Waals surface area contributed by atoms with Gasteiger partial charge in [-0.3, -0.25) is 9.36 Å². The fraction of sp³-hybridized carbons (Fsp3) is 0.192. The Kier molecular flexibility index (Phi) is 8.44. The Morgan fingerprint density at radius 3 is 2.37 bits per heavy atom. The van der Waals surface area contributed by atoms with Crippen LogP contribution in [-0.2, 0) is 23.5 Å². The third kappa shape index (κ3) is 6.43. The lowest BCUT2D eigenvalue weighted by atomic mass is 10.1. The zero-order chi connectivity index (χ0) is 24.6. The number of carbonyl (C=O) groups is 1. The maximum atomic E-state index is 12.6. The second-order valence-corrected chi connectivity index (χ2v) is 9.48. The van der Waals surface area contributed by atoms with E-state index in [0.29, 0.717) is 11.6 Å². The molecule has 0 atom stereocenters. The van der Waals surface area contributed by atoms with Crippen molar-refractivity contribution in [3.63, 3.8) is 0 Å². The third-order valence-electron chi connectivity index (χ3n) is 5.28. The lowest BCUT2D eigenvalue weighted by molar-refractivity contribution is -0.120. The van der Waals surface area contributed by atoms with Gasteiger partial charge in [-0.15, -0.1) is 10.2 Å². The number of ether oxygens (including phenoxy) is 2. The SMILES string of the molecule is COc1ccc(CC(=O)NCc2nnc(SCc3ccc(Br)cc3)n2-c2ccccc2OC)cc1. The average Bonchev–Trinajstić information content (AvgIpc) is 3.30. The van der Waals surface area contributed by atoms with Crippen molar-refractivity contribution in [2.75, 3.05) is 14.2 Å². The van der Waals surface area contributed by atoms with Crippen LogP contribution in [0.2, 0.25) is 0 Å². The van der Waals surface area contributed by atoms with E-state index in [4.69, 9.17) is 9.47 Å². The van der Waals surface area contributed by atoms with E-state index in [1.807, 2.05) is 65.2 Å². The highest BCUT2D eigenvalue weighted by Gasteiger charge is 2.18. The van der Waals surface area contributed by atoms with E-state index >= 15 is 0 Å². The van der Waals surface area contributed by atoms with Gasteiger partial charge in [0.15, 0.2) is 11.0 Å². The van der Waals surface area contributed by atoms with Gasteiger partial charge in [0.25, 0.3) is 0 Å². The summed E-state index contributed by atoms with van der Waals surface area (Å²) in [5, 5.41) is 12.5. The normalized spacial score (nSPS) is 10.7. The monoisotopic (exact) mass is 552 g/mol. The number of aromatic nitrogens is 3. The second-order valence-electron chi connectivity index (χ2n) is 7.62. The van der Waals surface area contributed by atoms with Crippen molar-refractivity contribution in [2.45, 2.75) is 23.9 Å². The molecule has 35 heavy (non-hydrogen) atoms. The number of hydrogen-bond acceptors (Lipinski definition) is 6. The van der Waals surface area contributed by atoms with E-state index < -0.39 is 0 Å². The fourth-order valence-electron chi connectivity index (χ4n) is 3.46. The van der Waals surface area contributed by atoms with E-state index in [1.165, 1.54) is 5.56 Å². The van der Waals surface area contributed by atoms with Crippen LogP contribution in [0.15, 0.2) is 82.4 Å². The van der Waals surface area contributed by atoms with Gasteiger partial charge in [0.1, 0.15) is 11.5 Å². The quantitative estimate of drug-likeness (QED) is 0.272. The van der Waals surface area contributed by atoms with Crippen LogP contribution in [0.1, 0.15) is 17.0 Å². The molecule has 9 heteroatoms. The van der Waals surface area contributed by atoms with Gasteiger partial charge in [0.05, 0.1) is 32.9 Å². The molecule has 3 aromatic carbocycles. The van der Waals surface area contributed by atoms with Crippen LogP contribution in [-0.4, -0.2) is 34.9 Å². The van der Waals surface area contributed by atoms with Crippen LogP contribution in [0, 0.1) is 0 Å². The second kappa shape index (κ2) is 11.9. The number of amides is 1. The Morgan fingerprint density at radius 2 is 1.66 bits per heavy atom.